The Kier molecular flexibility index (Phi) is 5.02. The van der Waals surface area contributed by atoms with Crippen LogP contribution in [0.4, 0.5) is 0 Å². The second-order valence-electron chi connectivity index (χ2n) is 4.36. The fourth-order valence-electron chi connectivity index (χ4n) is 2.02. The van der Waals surface area contributed by atoms with Crippen LogP contribution in [0.15, 0.2) is 18.2 Å². The van der Waals surface area contributed by atoms with Crippen molar-refractivity contribution >= 4 is 40.1 Å². The molecule has 1 heterocycles. The van der Waals surface area contributed by atoms with E-state index in [4.69, 9.17) is 16.9 Å². The minimum atomic E-state index is 0.00917. The molecule has 0 radical (unpaired) electrons. The molecule has 1 saturated heterocycles. The maximum absolute atomic E-state index is 12.3. The van der Waals surface area contributed by atoms with Gasteiger partial charge in [0.25, 0.3) is 5.91 Å². The molecule has 1 aliphatic heterocycles. The van der Waals surface area contributed by atoms with Crippen molar-refractivity contribution in [3.05, 3.63) is 32.4 Å². The van der Waals surface area contributed by atoms with Crippen LogP contribution in [0.3, 0.4) is 0 Å². The summed E-state index contributed by atoms with van der Waals surface area (Å²) in [5.74, 6) is 0.00917. The molecule has 1 amide bonds. The molecule has 0 saturated carbocycles. The van der Waals surface area contributed by atoms with Crippen molar-refractivity contribution in [2.24, 2.45) is 0 Å². The second-order valence-corrected chi connectivity index (χ2v) is 5.92. The van der Waals surface area contributed by atoms with Gasteiger partial charge in [0, 0.05) is 35.3 Å². The fraction of sp³-hybridized carbons (Fsp3) is 0.385. The Morgan fingerprint density at radius 3 is 2.63 bits per heavy atom. The summed E-state index contributed by atoms with van der Waals surface area (Å²) in [7, 11) is 0. The molecule has 1 aliphatic rings. The fourth-order valence-corrected chi connectivity index (χ4v) is 2.54. The lowest BCUT2D eigenvalue weighted by atomic mass is 10.2. The summed E-state index contributed by atoms with van der Waals surface area (Å²) < 4.78 is 0.939. The molecule has 2 rings (SSSR count). The number of carbonyl (C=O) groups is 1. The van der Waals surface area contributed by atoms with Gasteiger partial charge in [0.2, 0.25) is 0 Å². The number of nitrogens with zero attached hydrogens (tertiary/aromatic N) is 3. The van der Waals surface area contributed by atoms with Crippen LogP contribution in [0.2, 0.25) is 5.02 Å². The highest BCUT2D eigenvalue weighted by Crippen LogP contribution is 2.20. The third kappa shape index (κ3) is 3.59. The first-order valence-electron chi connectivity index (χ1n) is 5.95. The molecular formula is C13H13ClIN3O. The van der Waals surface area contributed by atoms with Crippen LogP contribution >= 0.6 is 34.2 Å². The van der Waals surface area contributed by atoms with Gasteiger partial charge in [-0.1, -0.05) is 11.6 Å². The van der Waals surface area contributed by atoms with Crippen LogP contribution in [0.1, 0.15) is 10.4 Å². The Morgan fingerprint density at radius 2 is 2.05 bits per heavy atom. The maximum atomic E-state index is 12.3. The third-order valence-electron chi connectivity index (χ3n) is 3.12. The van der Waals surface area contributed by atoms with Crippen LogP contribution in [-0.4, -0.2) is 48.4 Å². The molecule has 1 aromatic rings. The van der Waals surface area contributed by atoms with E-state index < -0.39 is 0 Å². The molecule has 0 spiro atoms. The van der Waals surface area contributed by atoms with Crippen LogP contribution in [0, 0.1) is 14.9 Å². The van der Waals surface area contributed by atoms with E-state index in [2.05, 4.69) is 28.7 Å². The zero-order valence-corrected chi connectivity index (χ0v) is 13.2. The molecule has 4 nitrogen and oxygen atoms in total. The standard InChI is InChI=1S/C13H13ClIN3O/c14-11-9-10(1-2-12(11)15)13(19)18-7-5-17(4-3-16)6-8-18/h1-2,9H,4-8H2. The van der Waals surface area contributed by atoms with Crippen molar-refractivity contribution in [3.63, 3.8) is 0 Å². The maximum Gasteiger partial charge on any atom is 0.253 e. The summed E-state index contributed by atoms with van der Waals surface area (Å²) in [5.41, 5.74) is 0.624. The van der Waals surface area contributed by atoms with Crippen molar-refractivity contribution < 1.29 is 4.79 Å². The molecule has 100 valence electrons. The van der Waals surface area contributed by atoms with Gasteiger partial charge in [-0.2, -0.15) is 5.26 Å². The first-order valence-corrected chi connectivity index (χ1v) is 7.41. The highest BCUT2D eigenvalue weighted by molar-refractivity contribution is 14.1. The van der Waals surface area contributed by atoms with Gasteiger partial charge in [0.15, 0.2) is 0 Å². The van der Waals surface area contributed by atoms with E-state index in [-0.39, 0.29) is 5.91 Å². The average molecular weight is 390 g/mol. The summed E-state index contributed by atoms with van der Waals surface area (Å²) >= 11 is 8.18. The van der Waals surface area contributed by atoms with Gasteiger partial charge in [0.05, 0.1) is 17.6 Å². The number of benzene rings is 1. The molecule has 6 heteroatoms. The van der Waals surface area contributed by atoms with Crippen molar-refractivity contribution in [2.45, 2.75) is 0 Å². The Labute approximate surface area is 131 Å². The van der Waals surface area contributed by atoms with E-state index >= 15 is 0 Å². The minimum Gasteiger partial charge on any atom is -0.336 e. The van der Waals surface area contributed by atoms with Gasteiger partial charge in [-0.3, -0.25) is 9.69 Å². The number of piperazine rings is 1. The number of nitriles is 1. The first kappa shape index (κ1) is 14.6. The predicted octanol–water partition coefficient (Wildman–Crippen LogP) is 2.23. The monoisotopic (exact) mass is 389 g/mol. The SMILES string of the molecule is N#CCN1CCN(C(=O)c2ccc(I)c(Cl)c2)CC1. The van der Waals surface area contributed by atoms with Gasteiger partial charge in [-0.05, 0) is 40.8 Å². The van der Waals surface area contributed by atoms with E-state index in [1.54, 1.807) is 12.1 Å². The first-order chi connectivity index (χ1) is 9.11. The van der Waals surface area contributed by atoms with Gasteiger partial charge in [-0.15, -0.1) is 0 Å². The zero-order chi connectivity index (χ0) is 13.8. The summed E-state index contributed by atoms with van der Waals surface area (Å²) in [6.45, 7) is 3.24. The van der Waals surface area contributed by atoms with Gasteiger partial charge < -0.3 is 4.90 Å². The molecular weight excluding hydrogens is 377 g/mol. The third-order valence-corrected chi connectivity index (χ3v) is 4.69. The number of rotatable bonds is 2. The van der Waals surface area contributed by atoms with Crippen LogP contribution in [-0.2, 0) is 0 Å². The van der Waals surface area contributed by atoms with Gasteiger partial charge >= 0.3 is 0 Å². The molecule has 0 atom stereocenters. The Morgan fingerprint density at radius 1 is 1.37 bits per heavy atom. The topological polar surface area (TPSA) is 47.3 Å². The van der Waals surface area contributed by atoms with Crippen molar-refractivity contribution in [1.82, 2.24) is 9.80 Å². The molecule has 0 N–H and O–H groups in total. The van der Waals surface area contributed by atoms with E-state index in [1.807, 2.05) is 15.9 Å². The largest absolute Gasteiger partial charge is 0.336 e. The van der Waals surface area contributed by atoms with Crippen LogP contribution < -0.4 is 0 Å². The predicted molar refractivity (Wildman–Crippen MR) is 82.1 cm³/mol. The van der Waals surface area contributed by atoms with E-state index in [0.29, 0.717) is 30.2 Å². The quantitative estimate of drug-likeness (QED) is 0.576. The molecule has 19 heavy (non-hydrogen) atoms. The highest BCUT2D eigenvalue weighted by atomic mass is 127. The van der Waals surface area contributed by atoms with Crippen molar-refractivity contribution in [1.29, 1.82) is 5.26 Å². The molecule has 0 aromatic heterocycles. The number of amides is 1. The highest BCUT2D eigenvalue weighted by Gasteiger charge is 2.22. The summed E-state index contributed by atoms with van der Waals surface area (Å²) in [4.78, 5) is 16.2. The van der Waals surface area contributed by atoms with Crippen LogP contribution in [0.25, 0.3) is 0 Å². The molecule has 0 unspecified atom stereocenters. The minimum absolute atomic E-state index is 0.00917. The zero-order valence-electron chi connectivity index (χ0n) is 10.3. The lowest BCUT2D eigenvalue weighted by Gasteiger charge is -2.33. The smallest absolute Gasteiger partial charge is 0.253 e. The number of hydrogen-bond acceptors (Lipinski definition) is 3. The van der Waals surface area contributed by atoms with E-state index in [0.717, 1.165) is 16.7 Å². The lowest BCUT2D eigenvalue weighted by molar-refractivity contribution is 0.0652. The van der Waals surface area contributed by atoms with Crippen molar-refractivity contribution in [3.8, 4) is 6.07 Å². The normalized spacial score (nSPS) is 16.2. The average Bonchev–Trinajstić information content (AvgIpc) is 2.42. The Balaban J connectivity index is 2.01. The molecule has 1 fully saturated rings. The Bertz CT molecular complexity index is 521. The lowest BCUT2D eigenvalue weighted by Crippen LogP contribution is -2.48. The van der Waals surface area contributed by atoms with E-state index in [9.17, 15) is 4.79 Å². The van der Waals surface area contributed by atoms with E-state index in [1.165, 1.54) is 0 Å². The summed E-state index contributed by atoms with van der Waals surface area (Å²) in [6.07, 6.45) is 0. The summed E-state index contributed by atoms with van der Waals surface area (Å²) in [6, 6.07) is 7.50. The summed E-state index contributed by atoms with van der Waals surface area (Å²) in [5, 5.41) is 9.25. The molecule has 0 bridgehead atoms. The second kappa shape index (κ2) is 6.55. The van der Waals surface area contributed by atoms with Crippen LogP contribution in [0.5, 0.6) is 0 Å². The number of halogens is 2. The molecule has 0 aliphatic carbocycles. The molecule has 1 aromatic carbocycles. The van der Waals surface area contributed by atoms with Gasteiger partial charge in [0.1, 0.15) is 0 Å². The van der Waals surface area contributed by atoms with Gasteiger partial charge in [-0.25, -0.2) is 0 Å². The Hall–Kier alpha value is -0.840. The number of hydrogen-bond donors (Lipinski definition) is 0. The number of carbonyl (C=O) groups excluding carboxylic acids is 1. The van der Waals surface area contributed by atoms with Crippen molar-refractivity contribution in [2.75, 3.05) is 32.7 Å².